The first kappa shape index (κ1) is 31.7. The Morgan fingerprint density at radius 2 is 1.22 bits per heavy atom. The smallest absolute Gasteiger partial charge is 0.333 e. The predicted octanol–water partition coefficient (Wildman–Crippen LogP) is 9.42. The maximum absolute atomic E-state index is 2.84. The van der Waals surface area contributed by atoms with Gasteiger partial charge in [-0.05, 0) is 61.0 Å². The van der Waals surface area contributed by atoms with Gasteiger partial charge in [-0.1, -0.05) is 172 Å². The fourth-order valence-electron chi connectivity index (χ4n) is 12.1. The molecule has 0 unspecified atom stereocenters. The molecule has 2 aromatic heterocycles. The SMILES string of the molecule is CC1(C)c2ccccc2-c2c1c1cccc3c1n2B1c2cccc4c2N(c2ccccc2[Si]4(c2ccccc2)c2ccccc2)c2cc4c(sc5ccccc54)c-3c21. The third kappa shape index (κ3) is 3.51. The van der Waals surface area contributed by atoms with Crippen LogP contribution in [0.15, 0.2) is 176 Å². The van der Waals surface area contributed by atoms with Gasteiger partial charge < -0.3 is 9.38 Å². The van der Waals surface area contributed by atoms with Crippen LogP contribution < -0.4 is 36.6 Å². The fourth-order valence-corrected chi connectivity index (χ4v) is 18.5. The second kappa shape index (κ2) is 10.8. The molecule has 0 amide bonds. The van der Waals surface area contributed by atoms with E-state index < -0.39 is 8.07 Å². The van der Waals surface area contributed by atoms with Crippen LogP contribution in [0.4, 0.5) is 17.1 Å². The topological polar surface area (TPSA) is 8.17 Å². The lowest BCUT2D eigenvalue weighted by Gasteiger charge is -2.49. The summed E-state index contributed by atoms with van der Waals surface area (Å²) in [6.07, 6.45) is 0. The Labute approximate surface area is 342 Å². The number of benzene rings is 8. The second-order valence-corrected chi connectivity index (χ2v) is 21.9. The molecule has 1 aliphatic carbocycles. The first-order valence-corrected chi connectivity index (χ1v) is 23.3. The molecule has 5 heteroatoms. The van der Waals surface area contributed by atoms with Gasteiger partial charge in [0, 0.05) is 75.9 Å². The number of fused-ring (bicyclic) bond motifs is 15. The molecule has 14 rings (SSSR count). The fraction of sp³-hybridized carbons (Fsp3) is 0.0566. The van der Waals surface area contributed by atoms with Crippen LogP contribution in [0, 0.1) is 0 Å². The summed E-state index contributed by atoms with van der Waals surface area (Å²) in [5.41, 5.74) is 16.4. The van der Waals surface area contributed by atoms with Gasteiger partial charge in [-0.3, -0.25) is 0 Å². The van der Waals surface area contributed by atoms with Crippen molar-refractivity contribution in [1.29, 1.82) is 0 Å². The zero-order valence-electron chi connectivity index (χ0n) is 32.1. The lowest BCUT2D eigenvalue weighted by atomic mass is 9.45. The number of aromatic nitrogens is 1. The summed E-state index contributed by atoms with van der Waals surface area (Å²) in [6, 6.07) is 67.6. The van der Waals surface area contributed by atoms with Crippen LogP contribution in [0.25, 0.3) is 53.5 Å². The maximum Gasteiger partial charge on any atom is 0.333 e. The van der Waals surface area contributed by atoms with Crippen molar-refractivity contribution in [2.75, 3.05) is 4.90 Å². The van der Waals surface area contributed by atoms with Crippen molar-refractivity contribution in [1.82, 2.24) is 4.48 Å². The van der Waals surface area contributed by atoms with Crippen LogP contribution in [0.3, 0.4) is 0 Å². The first-order chi connectivity index (χ1) is 28.6. The number of anilines is 3. The van der Waals surface area contributed by atoms with Crippen LogP contribution in [0.2, 0.25) is 0 Å². The van der Waals surface area contributed by atoms with Gasteiger partial charge >= 0.3 is 6.85 Å². The normalized spacial score (nSPS) is 15.6. The van der Waals surface area contributed by atoms with Crippen LogP contribution in [0.5, 0.6) is 0 Å². The first-order valence-electron chi connectivity index (χ1n) is 20.5. The van der Waals surface area contributed by atoms with Crippen molar-refractivity contribution >= 4 is 106 Å². The second-order valence-electron chi connectivity index (χ2n) is 17.1. The number of hydrogen-bond acceptors (Lipinski definition) is 2. The van der Waals surface area contributed by atoms with Gasteiger partial charge in [-0.2, -0.15) is 0 Å². The minimum atomic E-state index is -2.84. The highest BCUT2D eigenvalue weighted by Gasteiger charge is 2.55. The Hall–Kier alpha value is -6.40. The molecule has 0 fully saturated rings. The van der Waals surface area contributed by atoms with Crippen LogP contribution in [0.1, 0.15) is 25.0 Å². The van der Waals surface area contributed by atoms with E-state index >= 15 is 0 Å². The Balaban J connectivity index is 1.22. The standard InChI is InChI=1S/C53H35BN2SSi/c1-53(2)39-25-11-9-22-35(39)50-47(53)37-24-15-23-36-46-48-42(31-38-34-21-10-13-28-43(34)57-52(38)46)55-41-27-12-14-29-44(41)58(32-17-5-3-6-18-32,33-19-7-4-8-20-33)45-30-16-26-40(51(45)55)54(48)56(50)49(36)37/h3-31H,1-2H3. The molecule has 58 heavy (non-hydrogen) atoms. The monoisotopic (exact) mass is 770 g/mol. The molecular formula is C53H35BN2SSi. The summed E-state index contributed by atoms with van der Waals surface area (Å²) in [5, 5.41) is 9.81. The minimum absolute atomic E-state index is 0.0163. The van der Waals surface area contributed by atoms with Crippen molar-refractivity contribution in [3.05, 3.63) is 187 Å². The van der Waals surface area contributed by atoms with Crippen molar-refractivity contribution in [3.63, 3.8) is 0 Å². The number of para-hydroxylation sites is 3. The van der Waals surface area contributed by atoms with Gasteiger partial charge in [0.2, 0.25) is 0 Å². The Morgan fingerprint density at radius 1 is 0.569 bits per heavy atom. The van der Waals surface area contributed by atoms with Crippen LogP contribution >= 0.6 is 11.3 Å². The molecule has 5 heterocycles. The summed E-state index contributed by atoms with van der Waals surface area (Å²) < 4.78 is 5.54. The summed E-state index contributed by atoms with van der Waals surface area (Å²) in [4.78, 5) is 2.70. The van der Waals surface area contributed by atoms with E-state index in [9.17, 15) is 0 Å². The van der Waals surface area contributed by atoms with E-state index in [1.165, 1.54) is 113 Å². The molecule has 0 atom stereocenters. The third-order valence-electron chi connectivity index (χ3n) is 14.2. The molecule has 0 N–H and O–H groups in total. The number of hydrogen-bond donors (Lipinski definition) is 0. The molecule has 8 aromatic carbocycles. The molecule has 270 valence electrons. The Morgan fingerprint density at radius 3 is 2.05 bits per heavy atom. The van der Waals surface area contributed by atoms with E-state index in [-0.39, 0.29) is 12.3 Å². The van der Waals surface area contributed by atoms with E-state index in [0.29, 0.717) is 0 Å². The molecule has 0 bridgehead atoms. The Bertz CT molecular complexity index is 3410. The number of nitrogens with zero attached hydrogens (tertiary/aromatic N) is 2. The van der Waals surface area contributed by atoms with Gasteiger partial charge in [0.15, 0.2) is 8.07 Å². The van der Waals surface area contributed by atoms with E-state index in [0.717, 1.165) is 0 Å². The highest BCUT2D eigenvalue weighted by molar-refractivity contribution is 7.26. The van der Waals surface area contributed by atoms with Gasteiger partial charge in [-0.15, -0.1) is 11.3 Å². The molecule has 10 aromatic rings. The molecule has 0 saturated heterocycles. The van der Waals surface area contributed by atoms with E-state index in [1.807, 2.05) is 11.3 Å². The van der Waals surface area contributed by atoms with Crippen molar-refractivity contribution in [3.8, 4) is 22.4 Å². The third-order valence-corrected chi connectivity index (χ3v) is 20.2. The van der Waals surface area contributed by atoms with E-state index in [4.69, 9.17) is 0 Å². The molecule has 3 aliphatic heterocycles. The minimum Gasteiger partial charge on any atom is -0.375 e. The van der Waals surface area contributed by atoms with Crippen molar-refractivity contribution in [2.45, 2.75) is 19.3 Å². The lowest BCUT2D eigenvalue weighted by Crippen LogP contribution is -2.78. The summed E-state index contributed by atoms with van der Waals surface area (Å²) in [6.45, 7) is 4.87. The highest BCUT2D eigenvalue weighted by atomic mass is 32.1. The number of rotatable bonds is 2. The van der Waals surface area contributed by atoms with Crippen LogP contribution in [-0.4, -0.2) is 19.4 Å². The zero-order valence-corrected chi connectivity index (χ0v) is 33.9. The molecule has 4 aliphatic rings. The maximum atomic E-state index is 2.81. The van der Waals surface area contributed by atoms with Gasteiger partial charge in [0.1, 0.15) is 0 Å². The molecule has 2 nitrogen and oxygen atoms in total. The Kier molecular flexibility index (Phi) is 5.87. The van der Waals surface area contributed by atoms with Gasteiger partial charge in [0.25, 0.3) is 0 Å². The van der Waals surface area contributed by atoms with Crippen molar-refractivity contribution < 1.29 is 0 Å². The van der Waals surface area contributed by atoms with Crippen LogP contribution in [-0.2, 0) is 5.41 Å². The van der Waals surface area contributed by atoms with E-state index in [1.54, 1.807) is 0 Å². The zero-order chi connectivity index (χ0) is 38.1. The largest absolute Gasteiger partial charge is 0.375 e. The molecule has 0 saturated carbocycles. The lowest BCUT2D eigenvalue weighted by molar-refractivity contribution is 0.666. The van der Waals surface area contributed by atoms with Gasteiger partial charge in [0.05, 0.1) is 0 Å². The van der Waals surface area contributed by atoms with E-state index in [2.05, 4.69) is 199 Å². The van der Waals surface area contributed by atoms with Crippen molar-refractivity contribution in [2.24, 2.45) is 0 Å². The van der Waals surface area contributed by atoms with Gasteiger partial charge in [-0.25, -0.2) is 0 Å². The molecule has 0 radical (unpaired) electrons. The molecule has 0 spiro atoms. The molecular weight excluding hydrogens is 736 g/mol. The quantitative estimate of drug-likeness (QED) is 0.159. The average molecular weight is 771 g/mol. The summed E-state index contributed by atoms with van der Waals surface area (Å²) >= 11 is 1.97. The highest BCUT2D eigenvalue weighted by Crippen LogP contribution is 2.57. The summed E-state index contributed by atoms with van der Waals surface area (Å²) in [5.74, 6) is 0. The summed E-state index contributed by atoms with van der Waals surface area (Å²) in [7, 11) is -2.84. The predicted molar refractivity (Wildman–Crippen MR) is 250 cm³/mol. The average Bonchev–Trinajstić information content (AvgIpc) is 3.90. The number of thiophene rings is 1.